The van der Waals surface area contributed by atoms with Gasteiger partial charge in [-0.25, -0.2) is 0 Å². The van der Waals surface area contributed by atoms with Crippen molar-refractivity contribution >= 4 is 11.5 Å². The van der Waals surface area contributed by atoms with Crippen molar-refractivity contribution in [2.24, 2.45) is 15.4 Å². The van der Waals surface area contributed by atoms with E-state index in [-0.39, 0.29) is 5.84 Å². The van der Waals surface area contributed by atoms with Crippen LogP contribution in [-0.4, -0.2) is 16.3 Å². The van der Waals surface area contributed by atoms with Gasteiger partial charge in [0.25, 0.3) is 0 Å². The Bertz CT molecular complexity index is 425. The molecule has 5 nitrogen and oxygen atoms in total. The standard InChI is InChI=1S/C8H5N5/c9-10-8-7(11-13-12-8)6-4-2-1-3-5-6/h1-5H. The van der Waals surface area contributed by atoms with Gasteiger partial charge in [-0.3, -0.25) is 0 Å². The second-order valence-electron chi connectivity index (χ2n) is 2.43. The number of amidine groups is 1. The molecule has 0 saturated carbocycles. The molecule has 1 aromatic rings. The highest BCUT2D eigenvalue weighted by atomic mass is 15.4. The lowest BCUT2D eigenvalue weighted by Crippen LogP contribution is -2.10. The SMILES string of the molecule is [N-]=[N+]=C1N=NN=C1c1ccccc1. The van der Waals surface area contributed by atoms with Gasteiger partial charge in [0.1, 0.15) is 5.11 Å². The van der Waals surface area contributed by atoms with Crippen LogP contribution in [0, 0.1) is 0 Å². The summed E-state index contributed by atoms with van der Waals surface area (Å²) in [6, 6.07) is 9.32. The van der Waals surface area contributed by atoms with Gasteiger partial charge in [-0.15, -0.1) is 0 Å². The molecule has 1 aliphatic rings. The maximum absolute atomic E-state index is 8.55. The molecule has 0 spiro atoms. The lowest BCUT2D eigenvalue weighted by atomic mass is 10.1. The van der Waals surface area contributed by atoms with E-state index in [9.17, 15) is 0 Å². The Labute approximate surface area is 74.0 Å². The van der Waals surface area contributed by atoms with Gasteiger partial charge in [-0.2, -0.15) is 0 Å². The molecule has 0 aromatic heterocycles. The molecule has 0 saturated heterocycles. The van der Waals surface area contributed by atoms with Gasteiger partial charge in [0.05, 0.1) is 5.22 Å². The van der Waals surface area contributed by atoms with E-state index >= 15 is 0 Å². The number of nitrogens with zero attached hydrogens (tertiary/aromatic N) is 5. The van der Waals surface area contributed by atoms with Gasteiger partial charge in [-0.1, -0.05) is 35.4 Å². The summed E-state index contributed by atoms with van der Waals surface area (Å²) in [7, 11) is 0. The molecule has 0 aliphatic carbocycles. The van der Waals surface area contributed by atoms with Crippen LogP contribution in [0.1, 0.15) is 5.56 Å². The molecule has 0 fully saturated rings. The summed E-state index contributed by atoms with van der Waals surface area (Å²) in [6.45, 7) is 0. The number of benzene rings is 1. The minimum absolute atomic E-state index is 0.145. The van der Waals surface area contributed by atoms with E-state index < -0.39 is 0 Å². The van der Waals surface area contributed by atoms with Gasteiger partial charge in [-0.05, 0) is 0 Å². The molecule has 1 aliphatic heterocycles. The summed E-state index contributed by atoms with van der Waals surface area (Å²) in [5, 5.41) is 10.7. The van der Waals surface area contributed by atoms with Crippen molar-refractivity contribution < 1.29 is 4.79 Å². The molecule has 13 heavy (non-hydrogen) atoms. The van der Waals surface area contributed by atoms with Crippen LogP contribution in [0.25, 0.3) is 5.53 Å². The van der Waals surface area contributed by atoms with Crippen molar-refractivity contribution in [1.29, 1.82) is 0 Å². The fourth-order valence-electron chi connectivity index (χ4n) is 1.05. The second kappa shape index (κ2) is 3.08. The summed E-state index contributed by atoms with van der Waals surface area (Å²) < 4.78 is 0. The van der Waals surface area contributed by atoms with Crippen molar-refractivity contribution in [3.63, 3.8) is 0 Å². The van der Waals surface area contributed by atoms with Crippen molar-refractivity contribution in [2.75, 3.05) is 0 Å². The van der Waals surface area contributed by atoms with Crippen LogP contribution >= 0.6 is 0 Å². The van der Waals surface area contributed by atoms with E-state index in [0.29, 0.717) is 5.71 Å². The van der Waals surface area contributed by atoms with Crippen LogP contribution in [0.3, 0.4) is 0 Å². The zero-order valence-electron chi connectivity index (χ0n) is 6.62. The van der Waals surface area contributed by atoms with E-state index in [1.807, 2.05) is 30.3 Å². The quantitative estimate of drug-likeness (QED) is 0.453. The van der Waals surface area contributed by atoms with E-state index in [2.05, 4.69) is 20.2 Å². The fourth-order valence-corrected chi connectivity index (χ4v) is 1.05. The molecular formula is C8H5N5. The Morgan fingerprint density at radius 1 is 1.15 bits per heavy atom. The van der Waals surface area contributed by atoms with Crippen LogP contribution in [-0.2, 0) is 0 Å². The van der Waals surface area contributed by atoms with E-state index in [0.717, 1.165) is 5.56 Å². The zero-order chi connectivity index (χ0) is 9.10. The zero-order valence-corrected chi connectivity index (χ0v) is 6.62. The van der Waals surface area contributed by atoms with Crippen LogP contribution in [0.4, 0.5) is 0 Å². The van der Waals surface area contributed by atoms with Crippen molar-refractivity contribution in [1.82, 2.24) is 0 Å². The predicted octanol–water partition coefficient (Wildman–Crippen LogP) is 1.48. The van der Waals surface area contributed by atoms with Crippen molar-refractivity contribution in [3.05, 3.63) is 41.4 Å². The Kier molecular flexibility index (Phi) is 1.78. The molecule has 0 N–H and O–H groups in total. The highest BCUT2D eigenvalue weighted by Crippen LogP contribution is 2.07. The van der Waals surface area contributed by atoms with Crippen molar-refractivity contribution in [3.8, 4) is 0 Å². The highest BCUT2D eigenvalue weighted by molar-refractivity contribution is 6.46. The molecule has 2 rings (SSSR count). The predicted molar refractivity (Wildman–Crippen MR) is 46.5 cm³/mol. The summed E-state index contributed by atoms with van der Waals surface area (Å²) in [5.74, 6) is 0.145. The summed E-state index contributed by atoms with van der Waals surface area (Å²) in [6.07, 6.45) is 0. The molecule has 0 unspecified atom stereocenters. The molecule has 1 aromatic carbocycles. The number of hydrogen-bond acceptors (Lipinski definition) is 2. The van der Waals surface area contributed by atoms with E-state index in [1.54, 1.807) is 0 Å². The largest absolute Gasteiger partial charge is 0.497 e. The molecule has 0 atom stereocenters. The topological polar surface area (TPSA) is 73.5 Å². The average molecular weight is 171 g/mol. The lowest BCUT2D eigenvalue weighted by Gasteiger charge is -1.91. The number of rotatable bonds is 1. The van der Waals surface area contributed by atoms with Gasteiger partial charge < -0.3 is 10.3 Å². The highest BCUT2D eigenvalue weighted by Gasteiger charge is 2.25. The molecule has 1 heterocycles. The average Bonchev–Trinajstić information content (AvgIpc) is 2.67. The third-order valence-corrected chi connectivity index (χ3v) is 1.64. The second-order valence-corrected chi connectivity index (χ2v) is 2.43. The van der Waals surface area contributed by atoms with E-state index in [4.69, 9.17) is 5.53 Å². The lowest BCUT2D eigenvalue weighted by molar-refractivity contribution is -0.00313. The molecule has 0 bridgehead atoms. The van der Waals surface area contributed by atoms with Crippen LogP contribution in [0.15, 0.2) is 45.8 Å². The minimum Gasteiger partial charge on any atom is -0.497 e. The Morgan fingerprint density at radius 2 is 1.92 bits per heavy atom. The minimum atomic E-state index is 0.145. The molecule has 62 valence electrons. The number of hydrogen-bond donors (Lipinski definition) is 0. The van der Waals surface area contributed by atoms with Gasteiger partial charge >= 0.3 is 5.84 Å². The monoisotopic (exact) mass is 171 g/mol. The molecule has 0 radical (unpaired) electrons. The first-order chi connectivity index (χ1) is 6.42. The van der Waals surface area contributed by atoms with E-state index in [1.165, 1.54) is 0 Å². The molecular weight excluding hydrogens is 166 g/mol. The molecule has 0 amide bonds. The Balaban J connectivity index is 2.46. The smallest absolute Gasteiger partial charge is 0.456 e. The maximum atomic E-state index is 8.55. The normalized spacial score (nSPS) is 14.2. The summed E-state index contributed by atoms with van der Waals surface area (Å²) >= 11 is 0. The van der Waals surface area contributed by atoms with Crippen molar-refractivity contribution in [2.45, 2.75) is 0 Å². The summed E-state index contributed by atoms with van der Waals surface area (Å²) in [5.41, 5.74) is 9.87. The van der Waals surface area contributed by atoms with Crippen LogP contribution in [0.5, 0.6) is 0 Å². The maximum Gasteiger partial charge on any atom is 0.456 e. The first kappa shape index (κ1) is 7.52. The Morgan fingerprint density at radius 3 is 2.62 bits per heavy atom. The van der Waals surface area contributed by atoms with Gasteiger partial charge in [0.15, 0.2) is 0 Å². The first-order valence-corrected chi connectivity index (χ1v) is 3.68. The Hall–Kier alpha value is -2.13. The van der Waals surface area contributed by atoms with Gasteiger partial charge in [0, 0.05) is 5.56 Å². The molecule has 5 heteroatoms. The van der Waals surface area contributed by atoms with Gasteiger partial charge in [0.2, 0.25) is 5.71 Å². The third-order valence-electron chi connectivity index (χ3n) is 1.64. The third kappa shape index (κ3) is 1.28. The van der Waals surface area contributed by atoms with Crippen LogP contribution in [0.2, 0.25) is 0 Å². The fraction of sp³-hybridized carbons (Fsp3) is 0. The first-order valence-electron chi connectivity index (χ1n) is 3.68. The van der Waals surface area contributed by atoms with Crippen LogP contribution < -0.4 is 0 Å². The summed E-state index contributed by atoms with van der Waals surface area (Å²) in [4.78, 5) is 2.97.